The third kappa shape index (κ3) is 3.02. The third-order valence-corrected chi connectivity index (χ3v) is 3.95. The highest BCUT2D eigenvalue weighted by Crippen LogP contribution is 2.20. The molecule has 0 bridgehead atoms. The molecule has 0 saturated carbocycles. The zero-order valence-corrected chi connectivity index (χ0v) is 11.3. The van der Waals surface area contributed by atoms with Crippen molar-refractivity contribution in [3.8, 4) is 0 Å². The number of carbonyl (C=O) groups excluding carboxylic acids is 1. The highest BCUT2D eigenvalue weighted by molar-refractivity contribution is 5.77. The topological polar surface area (TPSA) is 53.0 Å². The van der Waals surface area contributed by atoms with Crippen molar-refractivity contribution in [2.45, 2.75) is 44.9 Å². The number of hydrogen-bond acceptors (Lipinski definition) is 5. The average molecular weight is 256 g/mol. The summed E-state index contributed by atoms with van der Waals surface area (Å²) in [7, 11) is 0. The maximum absolute atomic E-state index is 11.6. The molecule has 2 saturated heterocycles. The molecule has 3 atom stereocenters. The second-order valence-electron chi connectivity index (χ2n) is 5.37. The SMILES string of the molecule is CC[C@@H]1CN([C@H]2CCOC2=O)CCN1C[C@@H](C)O. The minimum atomic E-state index is -0.290. The van der Waals surface area contributed by atoms with Gasteiger partial charge in [0.2, 0.25) is 0 Å². The fourth-order valence-electron chi connectivity index (χ4n) is 2.98. The van der Waals surface area contributed by atoms with Gasteiger partial charge in [-0.2, -0.15) is 0 Å². The molecule has 2 aliphatic rings. The first-order valence-corrected chi connectivity index (χ1v) is 6.94. The van der Waals surface area contributed by atoms with E-state index in [0.29, 0.717) is 12.6 Å². The Hall–Kier alpha value is -0.650. The number of cyclic esters (lactones) is 1. The predicted octanol–water partition coefficient (Wildman–Crippen LogP) is 0.0789. The molecule has 2 fully saturated rings. The molecule has 0 spiro atoms. The lowest BCUT2D eigenvalue weighted by Gasteiger charge is -2.43. The fourth-order valence-corrected chi connectivity index (χ4v) is 2.98. The van der Waals surface area contributed by atoms with Crippen molar-refractivity contribution >= 4 is 5.97 Å². The summed E-state index contributed by atoms with van der Waals surface area (Å²) in [6.07, 6.45) is 1.58. The number of nitrogens with zero attached hydrogens (tertiary/aromatic N) is 2. The van der Waals surface area contributed by atoms with Crippen LogP contribution in [0.1, 0.15) is 26.7 Å². The third-order valence-electron chi connectivity index (χ3n) is 3.95. The van der Waals surface area contributed by atoms with Gasteiger partial charge in [-0.25, -0.2) is 0 Å². The minimum Gasteiger partial charge on any atom is -0.464 e. The smallest absolute Gasteiger partial charge is 0.323 e. The van der Waals surface area contributed by atoms with Gasteiger partial charge in [-0.15, -0.1) is 0 Å². The van der Waals surface area contributed by atoms with Gasteiger partial charge in [0.15, 0.2) is 0 Å². The highest BCUT2D eigenvalue weighted by Gasteiger charge is 2.36. The fraction of sp³-hybridized carbons (Fsp3) is 0.923. The first-order chi connectivity index (χ1) is 8.61. The molecule has 0 aromatic heterocycles. The molecule has 0 aromatic rings. The van der Waals surface area contributed by atoms with Crippen molar-refractivity contribution < 1.29 is 14.6 Å². The number of carbonyl (C=O) groups is 1. The van der Waals surface area contributed by atoms with Crippen LogP contribution in [0.15, 0.2) is 0 Å². The Morgan fingerprint density at radius 2 is 2.28 bits per heavy atom. The van der Waals surface area contributed by atoms with Crippen molar-refractivity contribution in [1.82, 2.24) is 9.80 Å². The van der Waals surface area contributed by atoms with Gasteiger partial charge in [0, 0.05) is 38.6 Å². The van der Waals surface area contributed by atoms with E-state index in [-0.39, 0.29) is 18.1 Å². The van der Waals surface area contributed by atoms with E-state index in [2.05, 4.69) is 16.7 Å². The number of aliphatic hydroxyl groups excluding tert-OH is 1. The van der Waals surface area contributed by atoms with Crippen molar-refractivity contribution in [2.24, 2.45) is 0 Å². The van der Waals surface area contributed by atoms with Crippen LogP contribution < -0.4 is 0 Å². The highest BCUT2D eigenvalue weighted by atomic mass is 16.5. The van der Waals surface area contributed by atoms with E-state index in [1.807, 2.05) is 6.92 Å². The standard InChI is InChI=1S/C13H24N2O3/c1-3-11-9-15(12-4-7-18-13(12)17)6-5-14(11)8-10(2)16/h10-12,16H,3-9H2,1-2H3/t10-,11-,12+/m1/s1. The van der Waals surface area contributed by atoms with E-state index in [1.165, 1.54) is 0 Å². The van der Waals surface area contributed by atoms with Gasteiger partial charge in [0.25, 0.3) is 0 Å². The number of esters is 1. The van der Waals surface area contributed by atoms with Crippen LogP contribution >= 0.6 is 0 Å². The molecule has 18 heavy (non-hydrogen) atoms. The van der Waals surface area contributed by atoms with Crippen LogP contribution in [-0.4, -0.2) is 71.8 Å². The normalized spacial score (nSPS) is 32.5. The summed E-state index contributed by atoms with van der Waals surface area (Å²) in [6.45, 7) is 8.00. The van der Waals surface area contributed by atoms with Crippen LogP contribution in [0, 0.1) is 0 Å². The molecule has 2 aliphatic heterocycles. The molecule has 0 amide bonds. The molecule has 0 radical (unpaired) electrons. The van der Waals surface area contributed by atoms with Gasteiger partial charge in [0.1, 0.15) is 6.04 Å². The van der Waals surface area contributed by atoms with Gasteiger partial charge in [0.05, 0.1) is 12.7 Å². The monoisotopic (exact) mass is 256 g/mol. The van der Waals surface area contributed by atoms with Gasteiger partial charge in [-0.05, 0) is 13.3 Å². The maximum Gasteiger partial charge on any atom is 0.323 e. The van der Waals surface area contributed by atoms with Crippen LogP contribution in [0.2, 0.25) is 0 Å². The molecule has 0 unspecified atom stereocenters. The van der Waals surface area contributed by atoms with Crippen LogP contribution in [0.4, 0.5) is 0 Å². The van der Waals surface area contributed by atoms with E-state index in [4.69, 9.17) is 4.74 Å². The minimum absolute atomic E-state index is 0.0345. The zero-order valence-electron chi connectivity index (χ0n) is 11.3. The summed E-state index contributed by atoms with van der Waals surface area (Å²) in [5, 5.41) is 9.51. The van der Waals surface area contributed by atoms with E-state index in [9.17, 15) is 9.90 Å². The molecule has 2 heterocycles. The second kappa shape index (κ2) is 5.99. The summed E-state index contributed by atoms with van der Waals surface area (Å²) >= 11 is 0. The molecular weight excluding hydrogens is 232 g/mol. The summed E-state index contributed by atoms with van der Waals surface area (Å²) in [4.78, 5) is 16.2. The maximum atomic E-state index is 11.6. The molecule has 2 rings (SSSR count). The second-order valence-corrected chi connectivity index (χ2v) is 5.37. The van der Waals surface area contributed by atoms with Crippen LogP contribution in [0.3, 0.4) is 0 Å². The molecule has 5 nitrogen and oxygen atoms in total. The van der Waals surface area contributed by atoms with Crippen LogP contribution in [0.25, 0.3) is 0 Å². The van der Waals surface area contributed by atoms with Crippen LogP contribution in [-0.2, 0) is 9.53 Å². The van der Waals surface area contributed by atoms with Gasteiger partial charge >= 0.3 is 5.97 Å². The predicted molar refractivity (Wildman–Crippen MR) is 68.3 cm³/mol. The molecule has 104 valence electrons. The Labute approximate surface area is 109 Å². The van der Waals surface area contributed by atoms with Crippen molar-refractivity contribution in [1.29, 1.82) is 0 Å². The summed E-state index contributed by atoms with van der Waals surface area (Å²) < 4.78 is 5.04. The van der Waals surface area contributed by atoms with E-state index >= 15 is 0 Å². The van der Waals surface area contributed by atoms with Crippen molar-refractivity contribution in [3.63, 3.8) is 0 Å². The first-order valence-electron chi connectivity index (χ1n) is 6.94. The van der Waals surface area contributed by atoms with E-state index < -0.39 is 0 Å². The Bertz CT molecular complexity index is 296. The lowest BCUT2D eigenvalue weighted by Crippen LogP contribution is -2.57. The van der Waals surface area contributed by atoms with Crippen molar-refractivity contribution in [3.05, 3.63) is 0 Å². The molecule has 0 aromatic carbocycles. The van der Waals surface area contributed by atoms with E-state index in [0.717, 1.165) is 39.0 Å². The number of aliphatic hydroxyl groups is 1. The van der Waals surface area contributed by atoms with Gasteiger partial charge < -0.3 is 9.84 Å². The van der Waals surface area contributed by atoms with Gasteiger partial charge in [-0.1, -0.05) is 6.92 Å². The number of β-amino-alcohol motifs (C(OH)–C–C–N with tert-alkyl or cyclic N) is 1. The van der Waals surface area contributed by atoms with Gasteiger partial charge in [-0.3, -0.25) is 14.6 Å². The first kappa shape index (κ1) is 13.8. The van der Waals surface area contributed by atoms with E-state index in [1.54, 1.807) is 0 Å². The lowest BCUT2D eigenvalue weighted by atomic mass is 10.1. The molecular formula is C13H24N2O3. The molecule has 1 N–H and O–H groups in total. The number of ether oxygens (including phenoxy) is 1. The van der Waals surface area contributed by atoms with Crippen molar-refractivity contribution in [2.75, 3.05) is 32.8 Å². The molecule has 5 heteroatoms. The summed E-state index contributed by atoms with van der Waals surface area (Å²) in [5.41, 5.74) is 0. The zero-order chi connectivity index (χ0) is 13.1. The summed E-state index contributed by atoms with van der Waals surface area (Å²) in [6, 6.07) is 0.398. The average Bonchev–Trinajstić information content (AvgIpc) is 2.75. The quantitative estimate of drug-likeness (QED) is 0.722. The Morgan fingerprint density at radius 3 is 2.83 bits per heavy atom. The number of rotatable bonds is 4. The largest absolute Gasteiger partial charge is 0.464 e. The Kier molecular flexibility index (Phi) is 4.59. The number of hydrogen-bond donors (Lipinski definition) is 1. The lowest BCUT2D eigenvalue weighted by molar-refractivity contribution is -0.143. The van der Waals surface area contributed by atoms with Crippen LogP contribution in [0.5, 0.6) is 0 Å². The Morgan fingerprint density at radius 1 is 1.50 bits per heavy atom. The summed E-state index contributed by atoms with van der Waals surface area (Å²) in [5.74, 6) is -0.0613. The number of piperazine rings is 1. The Balaban J connectivity index is 1.93. The molecule has 0 aliphatic carbocycles.